The molecule has 0 atom stereocenters. The van der Waals surface area contributed by atoms with E-state index < -0.39 is 0 Å². The summed E-state index contributed by atoms with van der Waals surface area (Å²) in [6.45, 7) is 40.5. The van der Waals surface area contributed by atoms with Crippen molar-refractivity contribution in [1.29, 1.82) is 0 Å². The fourth-order valence-corrected chi connectivity index (χ4v) is 14.1. The normalized spacial score (nSPS) is 13.1. The first-order valence-electron chi connectivity index (χ1n) is 38.1. The quantitative estimate of drug-likeness (QED) is 0.0395. The number of amides is 3. The van der Waals surface area contributed by atoms with Crippen molar-refractivity contribution in [2.75, 3.05) is 60.8 Å². The SMILES string of the molecule is COc1c2cc(C(C)(C)C)cc1Cc1cc(C(C)(C)C)cc(c1OCC(=O)NCCc1cnc[nH]1)Cc1cc(C(C)(C)C)cc(c1OC)Cc1cc(C(C)(C)C)cc(c1OCC(=O)NCCc1cnc[nH]1)Cc1cc(C(C)(C)C)cc(c1OC)Cc1cc(C(C)(C)C)cc(c1OCC(=O)NCCc1cnc[nH]1)C2. The standard InChI is InChI=1S/C90H117N9O9/c1-85(2,3)67-34-55-28-61-40-70(88(10,11)12)42-63(82(61)106-49-76(100)94-25-22-73-46-91-52-97-73)30-57-36-68(86(4,5)6)38-59(80(57)104-20)32-65-44-72(90(16,17)18)45-66(84(65)108-51-78(102)96-27-24-75-48-93-54-99-75)33-60-39-69(87(7,8)9)37-58(81(60)105-21)31-64-43-71(89(13,14)15)41-62(29-56(35-67)79(55)103-19)83(64)107-50-77(101)95-26-23-74-47-92-53-98-74/h34-48,52-54H,22-33,49-51H2,1-21H3,(H,91,97)(H,92,98)(H,93,99)(H,94,100)(H,95,101)(H,96,102). The summed E-state index contributed by atoms with van der Waals surface area (Å²) in [5, 5.41) is 9.34. The van der Waals surface area contributed by atoms with Crippen LogP contribution in [0.5, 0.6) is 34.5 Å². The largest absolute Gasteiger partial charge is 0.496 e. The highest BCUT2D eigenvalue weighted by molar-refractivity contribution is 5.79. The molecule has 0 radical (unpaired) electrons. The lowest BCUT2D eigenvalue weighted by Crippen LogP contribution is -2.31. The molecule has 6 N–H and O–H groups in total. The number of nitrogens with zero attached hydrogens (tertiary/aromatic N) is 3. The Hall–Kier alpha value is -9.84. The Morgan fingerprint density at radius 2 is 0.481 bits per heavy atom. The number of rotatable bonds is 21. The van der Waals surface area contributed by atoms with Gasteiger partial charge in [-0.2, -0.15) is 0 Å². The first-order chi connectivity index (χ1) is 50.9. The van der Waals surface area contributed by atoms with Crippen LogP contribution in [-0.2, 0) is 105 Å². The zero-order chi connectivity index (χ0) is 78.3. The Labute approximate surface area is 640 Å². The van der Waals surface area contributed by atoms with Crippen LogP contribution >= 0.6 is 0 Å². The van der Waals surface area contributed by atoms with Gasteiger partial charge in [0.15, 0.2) is 19.8 Å². The minimum atomic E-state index is -0.357. The van der Waals surface area contributed by atoms with Crippen molar-refractivity contribution in [2.24, 2.45) is 0 Å². The number of benzene rings is 6. The van der Waals surface area contributed by atoms with Crippen molar-refractivity contribution in [3.63, 3.8) is 0 Å². The molecular weight excluding hydrogens is 1350 g/mol. The van der Waals surface area contributed by atoms with Gasteiger partial charge in [0.2, 0.25) is 0 Å². The molecule has 0 spiro atoms. The predicted octanol–water partition coefficient (Wildman–Crippen LogP) is 15.7. The van der Waals surface area contributed by atoms with Crippen LogP contribution in [0.25, 0.3) is 0 Å². The number of methoxy groups -OCH3 is 3. The van der Waals surface area contributed by atoms with Crippen LogP contribution < -0.4 is 44.4 Å². The maximum absolute atomic E-state index is 14.3. The van der Waals surface area contributed by atoms with Crippen molar-refractivity contribution in [2.45, 2.75) is 215 Å². The molecule has 1 aliphatic carbocycles. The van der Waals surface area contributed by atoms with Crippen LogP contribution in [-0.4, -0.2) is 108 Å². The minimum Gasteiger partial charge on any atom is -0.496 e. The molecule has 0 saturated heterocycles. The van der Waals surface area contributed by atoms with E-state index in [2.05, 4.69) is 243 Å². The molecule has 3 heterocycles. The number of aromatic amines is 3. The molecule has 18 nitrogen and oxygen atoms in total. The van der Waals surface area contributed by atoms with E-state index in [4.69, 9.17) is 28.4 Å². The molecule has 108 heavy (non-hydrogen) atoms. The summed E-state index contributed by atoms with van der Waals surface area (Å²) in [6, 6.07) is 27.1. The summed E-state index contributed by atoms with van der Waals surface area (Å²) in [5.74, 6) is 3.08. The molecule has 9 aromatic rings. The Kier molecular flexibility index (Phi) is 24.9. The van der Waals surface area contributed by atoms with Crippen LogP contribution in [0.3, 0.4) is 0 Å². The zero-order valence-corrected chi connectivity index (χ0v) is 68.0. The Balaban J connectivity index is 1.28. The average molecular weight is 1470 g/mol. The highest BCUT2D eigenvalue weighted by atomic mass is 16.5. The van der Waals surface area contributed by atoms with Crippen LogP contribution in [0.1, 0.15) is 242 Å². The maximum atomic E-state index is 14.3. The molecule has 3 aromatic heterocycles. The molecule has 6 aromatic carbocycles. The van der Waals surface area contributed by atoms with Crippen LogP contribution in [0.15, 0.2) is 110 Å². The van der Waals surface area contributed by atoms with E-state index in [1.54, 1.807) is 58.9 Å². The number of imidazole rings is 3. The van der Waals surface area contributed by atoms with Gasteiger partial charge in [-0.1, -0.05) is 197 Å². The molecule has 0 saturated carbocycles. The third kappa shape index (κ3) is 20.5. The number of hydrogen-bond donors (Lipinski definition) is 6. The van der Waals surface area contributed by atoms with Crippen molar-refractivity contribution in [3.8, 4) is 34.5 Å². The van der Waals surface area contributed by atoms with Gasteiger partial charge in [-0.25, -0.2) is 15.0 Å². The van der Waals surface area contributed by atoms with Crippen molar-refractivity contribution < 1.29 is 42.8 Å². The average Bonchev–Trinajstić information content (AvgIpc) is 0.826. The molecule has 18 heteroatoms. The molecule has 0 fully saturated rings. The minimum absolute atomic E-state index is 0.255. The van der Waals surface area contributed by atoms with E-state index in [-0.39, 0.29) is 70.0 Å². The topological polar surface area (TPSA) is 229 Å². The second-order valence-electron chi connectivity index (χ2n) is 35.3. The summed E-state index contributed by atoms with van der Waals surface area (Å²) < 4.78 is 41.8. The highest BCUT2D eigenvalue weighted by Gasteiger charge is 2.32. The van der Waals surface area contributed by atoms with Gasteiger partial charge < -0.3 is 59.3 Å². The summed E-state index contributed by atoms with van der Waals surface area (Å²) in [7, 11) is 5.23. The number of aromatic nitrogens is 6. The Morgan fingerprint density at radius 3 is 0.630 bits per heavy atom. The second-order valence-corrected chi connectivity index (χ2v) is 35.3. The smallest absolute Gasteiger partial charge is 0.257 e. The molecule has 1 aliphatic rings. The van der Waals surface area contributed by atoms with E-state index in [0.717, 1.165) is 117 Å². The van der Waals surface area contributed by atoms with Crippen molar-refractivity contribution >= 4 is 17.7 Å². The number of H-pyrrole nitrogens is 3. The van der Waals surface area contributed by atoms with E-state index in [9.17, 15) is 14.4 Å². The van der Waals surface area contributed by atoms with Crippen LogP contribution in [0.2, 0.25) is 0 Å². The predicted molar refractivity (Wildman–Crippen MR) is 430 cm³/mol. The summed E-state index contributed by atoms with van der Waals surface area (Å²) in [6.07, 6.45) is 14.1. The van der Waals surface area contributed by atoms with Gasteiger partial charge in [-0.05, 0) is 133 Å². The number of ether oxygens (including phenoxy) is 6. The van der Waals surface area contributed by atoms with E-state index in [1.807, 2.05) is 0 Å². The van der Waals surface area contributed by atoms with Gasteiger partial charge in [0.1, 0.15) is 34.5 Å². The first-order valence-corrected chi connectivity index (χ1v) is 38.1. The van der Waals surface area contributed by atoms with Gasteiger partial charge in [0.25, 0.3) is 17.7 Å². The Bertz CT molecular complexity index is 4010. The van der Waals surface area contributed by atoms with Gasteiger partial charge >= 0.3 is 0 Å². The summed E-state index contributed by atoms with van der Waals surface area (Å²) >= 11 is 0. The first kappa shape index (κ1) is 80.7. The van der Waals surface area contributed by atoms with E-state index in [0.29, 0.717) is 112 Å². The molecule has 0 unspecified atom stereocenters. The Morgan fingerprint density at radius 1 is 0.306 bits per heavy atom. The van der Waals surface area contributed by atoms with Crippen molar-refractivity contribution in [3.05, 3.63) is 228 Å². The number of carbonyl (C=O) groups is 3. The lowest BCUT2D eigenvalue weighted by atomic mass is 9.79. The van der Waals surface area contributed by atoms with E-state index >= 15 is 0 Å². The van der Waals surface area contributed by atoms with Crippen molar-refractivity contribution in [1.82, 2.24) is 45.9 Å². The fraction of sp³-hybridized carbons (Fsp3) is 0.467. The second kappa shape index (κ2) is 33.3. The van der Waals surface area contributed by atoms with Gasteiger partial charge in [0, 0.05) is 113 Å². The fourth-order valence-electron chi connectivity index (χ4n) is 14.1. The van der Waals surface area contributed by atoms with Crippen LogP contribution in [0, 0.1) is 0 Å². The molecule has 3 amide bonds. The maximum Gasteiger partial charge on any atom is 0.257 e. The number of fused-ring (bicyclic) bond motifs is 12. The lowest BCUT2D eigenvalue weighted by Gasteiger charge is -2.29. The number of carbonyl (C=O) groups excluding carboxylic acids is 3. The summed E-state index contributed by atoms with van der Waals surface area (Å²) in [4.78, 5) is 64.9. The van der Waals surface area contributed by atoms with Gasteiger partial charge in [-0.15, -0.1) is 0 Å². The zero-order valence-electron chi connectivity index (χ0n) is 68.0. The third-order valence-electron chi connectivity index (χ3n) is 20.4. The van der Waals surface area contributed by atoms with Gasteiger partial charge in [0.05, 0.1) is 40.3 Å². The third-order valence-corrected chi connectivity index (χ3v) is 20.4. The van der Waals surface area contributed by atoms with E-state index in [1.165, 1.54) is 0 Å². The van der Waals surface area contributed by atoms with Crippen LogP contribution in [0.4, 0.5) is 0 Å². The molecular formula is C90H117N9O9. The summed E-state index contributed by atoms with van der Waals surface area (Å²) in [5.41, 5.74) is 18.0. The lowest BCUT2D eigenvalue weighted by molar-refractivity contribution is -0.123. The number of hydrogen-bond acceptors (Lipinski definition) is 12. The monoisotopic (exact) mass is 1470 g/mol. The highest BCUT2D eigenvalue weighted by Crippen LogP contribution is 2.46. The molecule has 12 bridgehead atoms. The number of nitrogens with one attached hydrogen (secondary N) is 6. The molecule has 0 aliphatic heterocycles. The molecule has 10 rings (SSSR count). The molecule has 576 valence electrons. The van der Waals surface area contributed by atoms with Gasteiger partial charge in [-0.3, -0.25) is 14.4 Å².